The molecule has 2 aliphatic rings. The molecule has 2 fully saturated rings. The summed E-state index contributed by atoms with van der Waals surface area (Å²) in [5.41, 5.74) is 4.91. The molecule has 3 aromatic rings. The molecule has 1 amide bonds. The van der Waals surface area contributed by atoms with Crippen LogP contribution in [0.1, 0.15) is 49.4 Å². The number of aryl methyl sites for hydroxylation is 2. The number of pyridine rings is 1. The van der Waals surface area contributed by atoms with Crippen LogP contribution in [-0.4, -0.2) is 21.3 Å². The van der Waals surface area contributed by atoms with Crippen LogP contribution in [0.4, 0.5) is 4.39 Å². The molecule has 0 saturated heterocycles. The molecule has 31 heavy (non-hydrogen) atoms. The molecule has 2 aromatic heterocycles. The zero-order chi connectivity index (χ0) is 21.7. The van der Waals surface area contributed by atoms with Gasteiger partial charge in [-0.05, 0) is 93.2 Å². The SMILES string of the molecule is Cc1ccc2nc(-c3ccc(F)c(C)c3)c(CC(=O)NC(C)C3CC4CCC3C4)n2c1. The summed E-state index contributed by atoms with van der Waals surface area (Å²) < 4.78 is 15.9. The van der Waals surface area contributed by atoms with Crippen molar-refractivity contribution < 1.29 is 9.18 Å². The van der Waals surface area contributed by atoms with E-state index in [0.29, 0.717) is 11.5 Å². The number of aromatic nitrogens is 2. The molecule has 2 saturated carbocycles. The minimum Gasteiger partial charge on any atom is -0.353 e. The van der Waals surface area contributed by atoms with E-state index < -0.39 is 0 Å². The third-order valence-electron chi connectivity index (χ3n) is 7.45. The molecule has 0 aliphatic heterocycles. The Labute approximate surface area is 182 Å². The molecule has 2 aliphatic carbocycles. The van der Waals surface area contributed by atoms with Crippen molar-refractivity contribution in [2.45, 2.75) is 58.9 Å². The fraction of sp³-hybridized carbons (Fsp3) is 0.462. The highest BCUT2D eigenvalue weighted by Gasteiger charge is 2.42. The summed E-state index contributed by atoms with van der Waals surface area (Å²) >= 11 is 0. The summed E-state index contributed by atoms with van der Waals surface area (Å²) in [7, 11) is 0. The lowest BCUT2D eigenvalue weighted by molar-refractivity contribution is -0.121. The Kier molecular flexibility index (Phi) is 5.07. The van der Waals surface area contributed by atoms with E-state index in [1.54, 1.807) is 13.0 Å². The van der Waals surface area contributed by atoms with Crippen LogP contribution in [0.15, 0.2) is 36.5 Å². The highest BCUT2D eigenvalue weighted by Crippen LogP contribution is 2.49. The number of benzene rings is 1. The highest BCUT2D eigenvalue weighted by molar-refractivity contribution is 5.82. The van der Waals surface area contributed by atoms with E-state index in [1.807, 2.05) is 35.7 Å². The highest BCUT2D eigenvalue weighted by atomic mass is 19.1. The van der Waals surface area contributed by atoms with Gasteiger partial charge in [0.1, 0.15) is 11.5 Å². The molecule has 0 spiro atoms. The Morgan fingerprint density at radius 3 is 2.77 bits per heavy atom. The third-order valence-corrected chi connectivity index (χ3v) is 7.45. The molecule has 5 heteroatoms. The zero-order valence-electron chi connectivity index (χ0n) is 18.5. The first-order valence-electron chi connectivity index (χ1n) is 11.4. The predicted molar refractivity (Wildman–Crippen MR) is 120 cm³/mol. The van der Waals surface area contributed by atoms with Gasteiger partial charge in [-0.1, -0.05) is 12.5 Å². The largest absolute Gasteiger partial charge is 0.353 e. The average molecular weight is 420 g/mol. The molecule has 1 aromatic carbocycles. The van der Waals surface area contributed by atoms with Gasteiger partial charge < -0.3 is 9.72 Å². The van der Waals surface area contributed by atoms with E-state index in [1.165, 1.54) is 31.7 Å². The number of fused-ring (bicyclic) bond motifs is 3. The van der Waals surface area contributed by atoms with Crippen LogP contribution in [0.25, 0.3) is 16.9 Å². The van der Waals surface area contributed by atoms with E-state index in [2.05, 4.69) is 12.2 Å². The first-order valence-corrected chi connectivity index (χ1v) is 11.4. The Morgan fingerprint density at radius 2 is 2.06 bits per heavy atom. The second-order valence-electron chi connectivity index (χ2n) is 9.68. The van der Waals surface area contributed by atoms with E-state index in [-0.39, 0.29) is 24.2 Å². The predicted octanol–water partition coefficient (Wildman–Crippen LogP) is 5.24. The average Bonchev–Trinajstić information content (AvgIpc) is 3.45. The standard InChI is InChI=1S/C26H30FN3O/c1-15-4-9-24-29-26(20-7-8-22(27)16(2)10-20)23(30(24)14-15)13-25(31)28-17(3)21-12-18-5-6-19(21)11-18/h4,7-10,14,17-19,21H,5-6,11-13H2,1-3H3,(H,28,31). The van der Waals surface area contributed by atoms with Crippen molar-refractivity contribution in [3.8, 4) is 11.3 Å². The Morgan fingerprint density at radius 1 is 1.23 bits per heavy atom. The van der Waals surface area contributed by atoms with Gasteiger partial charge in [0.2, 0.25) is 5.91 Å². The minimum absolute atomic E-state index is 0.0265. The lowest BCUT2D eigenvalue weighted by Crippen LogP contribution is -2.41. The number of amides is 1. The van der Waals surface area contributed by atoms with Crippen molar-refractivity contribution in [2.75, 3.05) is 0 Å². The minimum atomic E-state index is -0.234. The van der Waals surface area contributed by atoms with Crippen LogP contribution in [0, 0.1) is 37.4 Å². The van der Waals surface area contributed by atoms with E-state index in [0.717, 1.165) is 40.0 Å². The van der Waals surface area contributed by atoms with Crippen molar-refractivity contribution in [1.29, 1.82) is 0 Å². The van der Waals surface area contributed by atoms with Crippen LogP contribution >= 0.6 is 0 Å². The Balaban J connectivity index is 1.44. The van der Waals surface area contributed by atoms with E-state index in [4.69, 9.17) is 4.98 Å². The molecule has 162 valence electrons. The fourth-order valence-electron chi connectivity index (χ4n) is 5.86. The second-order valence-corrected chi connectivity index (χ2v) is 9.68. The van der Waals surface area contributed by atoms with Gasteiger partial charge in [-0.2, -0.15) is 0 Å². The Hall–Kier alpha value is -2.69. The quantitative estimate of drug-likeness (QED) is 0.615. The molecule has 1 N–H and O–H groups in total. The number of nitrogens with zero attached hydrogens (tertiary/aromatic N) is 2. The van der Waals surface area contributed by atoms with Gasteiger partial charge in [0.15, 0.2) is 0 Å². The first kappa shape index (κ1) is 20.2. The smallest absolute Gasteiger partial charge is 0.226 e. The van der Waals surface area contributed by atoms with E-state index in [9.17, 15) is 9.18 Å². The number of hydrogen-bond acceptors (Lipinski definition) is 2. The molecule has 5 rings (SSSR count). The molecule has 0 radical (unpaired) electrons. The maximum atomic E-state index is 13.8. The van der Waals surface area contributed by atoms with Crippen LogP contribution < -0.4 is 5.32 Å². The number of carbonyl (C=O) groups excluding carboxylic acids is 1. The number of nitrogens with one attached hydrogen (secondary N) is 1. The van der Waals surface area contributed by atoms with Crippen LogP contribution in [0.2, 0.25) is 0 Å². The summed E-state index contributed by atoms with van der Waals surface area (Å²) in [5, 5.41) is 3.28. The maximum absolute atomic E-state index is 13.8. The molecule has 4 nitrogen and oxygen atoms in total. The van der Waals surface area contributed by atoms with Gasteiger partial charge in [-0.3, -0.25) is 4.79 Å². The summed E-state index contributed by atoms with van der Waals surface area (Å²) in [6.07, 6.45) is 7.54. The van der Waals surface area contributed by atoms with Gasteiger partial charge in [-0.25, -0.2) is 9.37 Å². The monoisotopic (exact) mass is 419 g/mol. The zero-order valence-corrected chi connectivity index (χ0v) is 18.5. The summed E-state index contributed by atoms with van der Waals surface area (Å²) in [6, 6.07) is 9.21. The molecule has 4 atom stereocenters. The van der Waals surface area contributed by atoms with Crippen molar-refractivity contribution >= 4 is 11.6 Å². The fourth-order valence-corrected chi connectivity index (χ4v) is 5.86. The summed E-state index contributed by atoms with van der Waals surface area (Å²) in [5.74, 6) is 2.04. The van der Waals surface area contributed by atoms with Crippen LogP contribution in [0.5, 0.6) is 0 Å². The summed E-state index contributed by atoms with van der Waals surface area (Å²) in [4.78, 5) is 17.9. The van der Waals surface area contributed by atoms with Gasteiger partial charge in [0.05, 0.1) is 17.8 Å². The second kappa shape index (κ2) is 7.77. The molecule has 2 bridgehead atoms. The normalized spacial score (nSPS) is 23.4. The molecular formula is C26H30FN3O. The van der Waals surface area contributed by atoms with Crippen molar-refractivity contribution in [3.05, 3.63) is 59.2 Å². The number of halogens is 1. The maximum Gasteiger partial charge on any atom is 0.226 e. The van der Waals surface area contributed by atoms with Gasteiger partial charge >= 0.3 is 0 Å². The van der Waals surface area contributed by atoms with Crippen molar-refractivity contribution in [1.82, 2.24) is 14.7 Å². The first-order chi connectivity index (χ1) is 14.9. The molecular weight excluding hydrogens is 389 g/mol. The Bertz CT molecular complexity index is 1150. The van der Waals surface area contributed by atoms with Crippen molar-refractivity contribution in [3.63, 3.8) is 0 Å². The van der Waals surface area contributed by atoms with Gasteiger partial charge in [-0.15, -0.1) is 0 Å². The van der Waals surface area contributed by atoms with Crippen LogP contribution in [0.3, 0.4) is 0 Å². The number of hydrogen-bond donors (Lipinski definition) is 1. The number of imidazole rings is 1. The third kappa shape index (κ3) is 3.75. The topological polar surface area (TPSA) is 46.4 Å². The van der Waals surface area contributed by atoms with Crippen LogP contribution in [-0.2, 0) is 11.2 Å². The van der Waals surface area contributed by atoms with Crippen molar-refractivity contribution in [2.24, 2.45) is 17.8 Å². The number of carbonyl (C=O) groups is 1. The summed E-state index contributed by atoms with van der Waals surface area (Å²) in [6.45, 7) is 5.94. The lowest BCUT2D eigenvalue weighted by atomic mass is 9.84. The lowest BCUT2D eigenvalue weighted by Gasteiger charge is -2.28. The molecule has 4 unspecified atom stereocenters. The molecule has 2 heterocycles. The van der Waals surface area contributed by atoms with Gasteiger partial charge in [0, 0.05) is 17.8 Å². The van der Waals surface area contributed by atoms with E-state index >= 15 is 0 Å². The number of rotatable bonds is 5. The van der Waals surface area contributed by atoms with Gasteiger partial charge in [0.25, 0.3) is 0 Å².